The molecule has 0 spiro atoms. The van der Waals surface area contributed by atoms with Gasteiger partial charge in [0.15, 0.2) is 0 Å². The molecule has 3 aromatic rings. The molecule has 0 aliphatic carbocycles. The zero-order valence-corrected chi connectivity index (χ0v) is 15.6. The maximum atomic E-state index is 12.8. The van der Waals surface area contributed by atoms with Crippen LogP contribution in [0, 0.1) is 11.3 Å². The van der Waals surface area contributed by atoms with E-state index in [9.17, 15) is 10.1 Å². The summed E-state index contributed by atoms with van der Waals surface area (Å²) in [5.74, 6) is 0.559. The number of oxazole rings is 1. The lowest BCUT2D eigenvalue weighted by Gasteiger charge is -2.39. The summed E-state index contributed by atoms with van der Waals surface area (Å²) < 4.78 is 5.61. The predicted octanol–water partition coefficient (Wildman–Crippen LogP) is 3.45. The van der Waals surface area contributed by atoms with E-state index < -0.39 is 0 Å². The van der Waals surface area contributed by atoms with E-state index in [0.717, 1.165) is 11.3 Å². The van der Waals surface area contributed by atoms with E-state index in [1.54, 1.807) is 23.3 Å². The molecule has 0 bridgehead atoms. The van der Waals surface area contributed by atoms with Crippen LogP contribution in [0.2, 0.25) is 0 Å². The van der Waals surface area contributed by atoms with Crippen molar-refractivity contribution in [3.05, 3.63) is 72.1 Å². The number of nitriles is 1. The Morgan fingerprint density at radius 3 is 2.71 bits per heavy atom. The number of anilines is 1. The smallest absolute Gasteiger partial charge is 0.241 e. The molecule has 1 aliphatic heterocycles. The number of carbonyl (C=O) groups excluding carboxylic acids is 1. The molecule has 1 unspecified atom stereocenters. The second kappa shape index (κ2) is 7.67. The van der Waals surface area contributed by atoms with Crippen LogP contribution >= 0.6 is 0 Å². The molecular weight excluding hydrogens is 352 g/mol. The highest BCUT2D eigenvalue weighted by Gasteiger charge is 2.31. The summed E-state index contributed by atoms with van der Waals surface area (Å²) >= 11 is 0. The summed E-state index contributed by atoms with van der Waals surface area (Å²) in [6.45, 7) is 3.42. The van der Waals surface area contributed by atoms with E-state index in [1.807, 2.05) is 42.5 Å². The lowest BCUT2D eigenvalue weighted by atomic mass is 10.1. The van der Waals surface area contributed by atoms with E-state index in [-0.39, 0.29) is 18.5 Å². The predicted molar refractivity (Wildman–Crippen MR) is 105 cm³/mol. The summed E-state index contributed by atoms with van der Waals surface area (Å²) in [4.78, 5) is 21.1. The highest BCUT2D eigenvalue weighted by molar-refractivity contribution is 5.96. The van der Waals surface area contributed by atoms with Crippen molar-refractivity contribution in [1.29, 1.82) is 5.26 Å². The van der Waals surface area contributed by atoms with Crippen molar-refractivity contribution in [3.63, 3.8) is 0 Å². The number of hydrogen-bond acceptors (Lipinski definition) is 5. The van der Waals surface area contributed by atoms with Gasteiger partial charge in [-0.05, 0) is 31.2 Å². The fourth-order valence-corrected chi connectivity index (χ4v) is 3.45. The number of benzene rings is 2. The van der Waals surface area contributed by atoms with E-state index in [4.69, 9.17) is 4.42 Å². The van der Waals surface area contributed by atoms with Gasteiger partial charge in [-0.15, -0.1) is 0 Å². The van der Waals surface area contributed by atoms with Gasteiger partial charge in [0.2, 0.25) is 11.8 Å². The van der Waals surface area contributed by atoms with Crippen LogP contribution in [-0.4, -0.2) is 34.9 Å². The topological polar surface area (TPSA) is 73.4 Å². The van der Waals surface area contributed by atoms with Gasteiger partial charge in [0, 0.05) is 24.7 Å². The van der Waals surface area contributed by atoms with Gasteiger partial charge in [-0.3, -0.25) is 9.69 Å². The van der Waals surface area contributed by atoms with Gasteiger partial charge in [-0.1, -0.05) is 30.3 Å². The van der Waals surface area contributed by atoms with Gasteiger partial charge in [0.1, 0.15) is 12.3 Å². The van der Waals surface area contributed by atoms with Crippen molar-refractivity contribution in [3.8, 4) is 17.5 Å². The van der Waals surface area contributed by atoms with Gasteiger partial charge in [-0.25, -0.2) is 4.98 Å². The van der Waals surface area contributed by atoms with Gasteiger partial charge in [-0.2, -0.15) is 5.26 Å². The Morgan fingerprint density at radius 1 is 1.18 bits per heavy atom. The van der Waals surface area contributed by atoms with Crippen molar-refractivity contribution >= 4 is 11.6 Å². The molecule has 0 saturated carbocycles. The van der Waals surface area contributed by atoms with Crippen LogP contribution in [0.3, 0.4) is 0 Å². The van der Waals surface area contributed by atoms with E-state index in [2.05, 4.69) is 22.9 Å². The zero-order chi connectivity index (χ0) is 19.5. The largest absolute Gasteiger partial charge is 0.444 e. The first-order valence-corrected chi connectivity index (χ1v) is 9.19. The Hall–Kier alpha value is -3.43. The Kier molecular flexibility index (Phi) is 4.92. The van der Waals surface area contributed by atoms with E-state index in [1.165, 1.54) is 0 Å². The molecule has 1 aromatic heterocycles. The molecule has 2 aromatic carbocycles. The van der Waals surface area contributed by atoms with Crippen LogP contribution in [0.1, 0.15) is 18.2 Å². The van der Waals surface area contributed by atoms with Crippen molar-refractivity contribution in [1.82, 2.24) is 9.88 Å². The SMILES string of the molecule is CC1CN(c2ccccc2C#N)C(=O)CN1Cc1coc(-c2ccccc2)n1. The van der Waals surface area contributed by atoms with Gasteiger partial charge >= 0.3 is 0 Å². The summed E-state index contributed by atoms with van der Waals surface area (Å²) in [6.07, 6.45) is 1.65. The van der Waals surface area contributed by atoms with Crippen molar-refractivity contribution in [2.75, 3.05) is 18.0 Å². The molecule has 6 nitrogen and oxygen atoms in total. The van der Waals surface area contributed by atoms with Crippen LogP contribution in [0.15, 0.2) is 65.3 Å². The maximum Gasteiger partial charge on any atom is 0.241 e. The molecule has 28 heavy (non-hydrogen) atoms. The highest BCUT2D eigenvalue weighted by Crippen LogP contribution is 2.25. The molecule has 0 N–H and O–H groups in total. The Morgan fingerprint density at radius 2 is 1.93 bits per heavy atom. The average molecular weight is 372 g/mol. The number of carbonyl (C=O) groups is 1. The lowest BCUT2D eigenvalue weighted by molar-refractivity contribution is -0.122. The summed E-state index contributed by atoms with van der Waals surface area (Å²) in [5.41, 5.74) is 2.91. The molecular formula is C22H20N4O2. The molecule has 1 amide bonds. The minimum atomic E-state index is -0.0208. The Bertz CT molecular complexity index is 1020. The number of rotatable bonds is 4. The molecule has 4 rings (SSSR count). The van der Waals surface area contributed by atoms with Gasteiger partial charge in [0.05, 0.1) is 23.5 Å². The summed E-state index contributed by atoms with van der Waals surface area (Å²) in [6, 6.07) is 19.2. The highest BCUT2D eigenvalue weighted by atomic mass is 16.3. The van der Waals surface area contributed by atoms with E-state index >= 15 is 0 Å². The summed E-state index contributed by atoms with van der Waals surface area (Å²) in [5, 5.41) is 9.33. The first-order valence-electron chi connectivity index (χ1n) is 9.19. The van der Waals surface area contributed by atoms with Crippen LogP contribution in [0.4, 0.5) is 5.69 Å². The quantitative estimate of drug-likeness (QED) is 0.701. The van der Waals surface area contributed by atoms with Crippen LogP contribution in [-0.2, 0) is 11.3 Å². The standard InChI is InChI=1S/C22H20N4O2/c1-16-12-26(20-10-6-5-9-18(20)11-23)21(27)14-25(16)13-19-15-28-22(24-19)17-7-3-2-4-8-17/h2-10,15-16H,12-14H2,1H3. The minimum Gasteiger partial charge on any atom is -0.444 e. The first-order chi connectivity index (χ1) is 13.7. The summed E-state index contributed by atoms with van der Waals surface area (Å²) in [7, 11) is 0. The third-order valence-corrected chi connectivity index (χ3v) is 4.96. The molecule has 1 saturated heterocycles. The average Bonchev–Trinajstić information content (AvgIpc) is 3.20. The second-order valence-electron chi connectivity index (χ2n) is 6.90. The van der Waals surface area contributed by atoms with Crippen molar-refractivity contribution in [2.24, 2.45) is 0 Å². The van der Waals surface area contributed by atoms with Gasteiger partial charge in [0.25, 0.3) is 0 Å². The number of hydrogen-bond donors (Lipinski definition) is 0. The monoisotopic (exact) mass is 372 g/mol. The first kappa shape index (κ1) is 18.0. The van der Waals surface area contributed by atoms with Crippen LogP contribution in [0.25, 0.3) is 11.5 Å². The molecule has 1 fully saturated rings. The molecule has 2 heterocycles. The van der Waals surface area contributed by atoms with Gasteiger partial charge < -0.3 is 9.32 Å². The molecule has 6 heteroatoms. The number of piperazine rings is 1. The van der Waals surface area contributed by atoms with Crippen LogP contribution < -0.4 is 4.90 Å². The zero-order valence-electron chi connectivity index (χ0n) is 15.6. The van der Waals surface area contributed by atoms with Crippen molar-refractivity contribution in [2.45, 2.75) is 19.5 Å². The second-order valence-corrected chi connectivity index (χ2v) is 6.90. The van der Waals surface area contributed by atoms with E-state index in [0.29, 0.717) is 30.2 Å². The lowest BCUT2D eigenvalue weighted by Crippen LogP contribution is -2.55. The Balaban J connectivity index is 1.48. The maximum absolute atomic E-state index is 12.8. The number of aromatic nitrogens is 1. The number of para-hydroxylation sites is 1. The fourth-order valence-electron chi connectivity index (χ4n) is 3.45. The molecule has 140 valence electrons. The fraction of sp³-hybridized carbons (Fsp3) is 0.227. The van der Waals surface area contributed by atoms with Crippen molar-refractivity contribution < 1.29 is 9.21 Å². The Labute approximate surface area is 163 Å². The van der Waals surface area contributed by atoms with Crippen LogP contribution in [0.5, 0.6) is 0 Å². The number of amides is 1. The molecule has 0 radical (unpaired) electrons. The molecule has 1 atom stereocenters. The third-order valence-electron chi connectivity index (χ3n) is 4.96. The third kappa shape index (κ3) is 3.53. The molecule has 1 aliphatic rings. The minimum absolute atomic E-state index is 0.0208. The number of nitrogens with zero attached hydrogens (tertiary/aromatic N) is 4. The normalized spacial score (nSPS) is 17.5.